The van der Waals surface area contributed by atoms with Gasteiger partial charge in [-0.1, -0.05) is 61.5 Å². The summed E-state index contributed by atoms with van der Waals surface area (Å²) in [6.07, 6.45) is 2.79. The van der Waals surface area contributed by atoms with E-state index in [1.54, 1.807) is 0 Å². The lowest BCUT2D eigenvalue weighted by molar-refractivity contribution is 0.0949. The van der Waals surface area contributed by atoms with Gasteiger partial charge in [0, 0.05) is 37.8 Å². The summed E-state index contributed by atoms with van der Waals surface area (Å²) in [5, 5.41) is 4.09. The van der Waals surface area contributed by atoms with Crippen molar-refractivity contribution in [3.05, 3.63) is 95.7 Å². The lowest BCUT2D eigenvalue weighted by atomic mass is 10.0. The highest BCUT2D eigenvalue weighted by Crippen LogP contribution is 2.32. The molecule has 4 aromatic rings. The van der Waals surface area contributed by atoms with Crippen LogP contribution in [0, 0.1) is 0 Å². The van der Waals surface area contributed by atoms with Gasteiger partial charge in [0.2, 0.25) is 0 Å². The Balaban J connectivity index is 1.49. The van der Waals surface area contributed by atoms with Crippen LogP contribution < -0.4 is 5.32 Å². The third kappa shape index (κ3) is 4.01. The molecular weight excluding hydrogens is 398 g/mol. The second kappa shape index (κ2) is 8.93. The Morgan fingerprint density at radius 1 is 1.00 bits per heavy atom. The molecule has 2 aromatic carbocycles. The minimum Gasteiger partial charge on any atom is -0.351 e. The van der Waals surface area contributed by atoms with Crippen molar-refractivity contribution in [2.75, 3.05) is 13.1 Å². The number of fused-ring (bicyclic) bond motifs is 2. The molecule has 1 N–H and O–H groups in total. The molecule has 6 nitrogen and oxygen atoms in total. The zero-order chi connectivity index (χ0) is 21.9. The number of nitrogens with zero attached hydrogens (tertiary/aromatic N) is 4. The maximum Gasteiger partial charge on any atom is 0.271 e. The van der Waals surface area contributed by atoms with Crippen LogP contribution in [0.25, 0.3) is 10.9 Å². The number of carbonyl (C=O) groups excluding carboxylic acids is 1. The van der Waals surface area contributed by atoms with E-state index in [1.165, 1.54) is 5.56 Å². The lowest BCUT2D eigenvalue weighted by Crippen LogP contribution is -2.38. The smallest absolute Gasteiger partial charge is 0.271 e. The summed E-state index contributed by atoms with van der Waals surface area (Å²) in [6.45, 7) is 5.06. The Hall–Kier alpha value is -3.51. The number of benzene rings is 2. The van der Waals surface area contributed by atoms with Crippen molar-refractivity contribution in [2.45, 2.75) is 32.5 Å². The fraction of sp³-hybridized carbons (Fsp3) is 0.269. The first kappa shape index (κ1) is 20.4. The van der Waals surface area contributed by atoms with Crippen molar-refractivity contribution < 1.29 is 4.79 Å². The van der Waals surface area contributed by atoms with Crippen molar-refractivity contribution >= 4 is 16.8 Å². The summed E-state index contributed by atoms with van der Waals surface area (Å²) in [5.74, 6) is 0.799. The summed E-state index contributed by atoms with van der Waals surface area (Å²) in [6, 6.07) is 22.8. The van der Waals surface area contributed by atoms with Crippen LogP contribution in [0.2, 0.25) is 0 Å². The Morgan fingerprint density at radius 2 is 1.81 bits per heavy atom. The number of hydrogen-bond acceptors (Lipinski definition) is 4. The van der Waals surface area contributed by atoms with E-state index in [4.69, 9.17) is 9.97 Å². The van der Waals surface area contributed by atoms with Crippen molar-refractivity contribution in [3.8, 4) is 0 Å². The summed E-state index contributed by atoms with van der Waals surface area (Å²) in [5.41, 5.74) is 3.70. The SMILES string of the molecule is CCCNC(=O)c1cn2c(n1)C(c1ccccc1)N(Cc1ccc3ccccc3n1)CC2. The normalized spacial score (nSPS) is 16.1. The first-order valence-electron chi connectivity index (χ1n) is 11.2. The number of imidazole rings is 1. The molecule has 1 aliphatic heterocycles. The molecule has 1 amide bonds. The van der Waals surface area contributed by atoms with Gasteiger partial charge in [0.1, 0.15) is 11.5 Å². The van der Waals surface area contributed by atoms with Gasteiger partial charge in [0.15, 0.2) is 0 Å². The number of hydrogen-bond donors (Lipinski definition) is 1. The van der Waals surface area contributed by atoms with Crippen LogP contribution >= 0.6 is 0 Å². The molecule has 0 radical (unpaired) electrons. The molecule has 3 heterocycles. The maximum absolute atomic E-state index is 12.6. The van der Waals surface area contributed by atoms with Crippen LogP contribution in [0.4, 0.5) is 0 Å². The predicted octanol–water partition coefficient (Wildman–Crippen LogP) is 4.18. The molecule has 0 saturated heterocycles. The van der Waals surface area contributed by atoms with Gasteiger partial charge >= 0.3 is 0 Å². The van der Waals surface area contributed by atoms with Gasteiger partial charge in [-0.15, -0.1) is 0 Å². The van der Waals surface area contributed by atoms with E-state index in [1.807, 2.05) is 31.3 Å². The Kier molecular flexibility index (Phi) is 5.69. The Labute approximate surface area is 187 Å². The molecular formula is C26H27N5O. The van der Waals surface area contributed by atoms with Crippen LogP contribution in [0.1, 0.15) is 47.0 Å². The number of pyridine rings is 1. The molecule has 0 aliphatic carbocycles. The fourth-order valence-corrected chi connectivity index (χ4v) is 4.36. The zero-order valence-corrected chi connectivity index (χ0v) is 18.2. The van der Waals surface area contributed by atoms with Crippen LogP contribution in [-0.2, 0) is 13.1 Å². The van der Waals surface area contributed by atoms with Crippen molar-refractivity contribution in [2.24, 2.45) is 0 Å². The van der Waals surface area contributed by atoms with Gasteiger partial charge in [-0.3, -0.25) is 14.7 Å². The molecule has 0 fully saturated rings. The Bertz CT molecular complexity index is 1230. The summed E-state index contributed by atoms with van der Waals surface area (Å²) < 4.78 is 2.13. The highest BCUT2D eigenvalue weighted by atomic mass is 16.1. The van der Waals surface area contributed by atoms with Crippen LogP contribution in [0.5, 0.6) is 0 Å². The maximum atomic E-state index is 12.6. The largest absolute Gasteiger partial charge is 0.351 e. The fourth-order valence-electron chi connectivity index (χ4n) is 4.36. The molecule has 1 aliphatic rings. The molecule has 0 bridgehead atoms. The van der Waals surface area contributed by atoms with Gasteiger partial charge in [-0.05, 0) is 24.1 Å². The van der Waals surface area contributed by atoms with Crippen LogP contribution in [0.15, 0.2) is 72.9 Å². The quantitative estimate of drug-likeness (QED) is 0.504. The number of amides is 1. The first-order valence-corrected chi connectivity index (χ1v) is 11.2. The van der Waals surface area contributed by atoms with E-state index in [9.17, 15) is 4.79 Å². The minimum absolute atomic E-state index is 0.0362. The van der Waals surface area contributed by atoms with E-state index in [2.05, 4.69) is 63.3 Å². The number of rotatable bonds is 6. The number of para-hydroxylation sites is 1. The summed E-state index contributed by atoms with van der Waals surface area (Å²) in [7, 11) is 0. The lowest BCUT2D eigenvalue weighted by Gasteiger charge is -2.36. The first-order chi connectivity index (χ1) is 15.7. The van der Waals surface area contributed by atoms with E-state index < -0.39 is 0 Å². The van der Waals surface area contributed by atoms with Crippen LogP contribution in [-0.4, -0.2) is 38.4 Å². The molecule has 32 heavy (non-hydrogen) atoms. The van der Waals surface area contributed by atoms with Crippen LogP contribution in [0.3, 0.4) is 0 Å². The topological polar surface area (TPSA) is 63.1 Å². The average Bonchev–Trinajstić information content (AvgIpc) is 3.27. The minimum atomic E-state index is -0.108. The molecule has 2 aromatic heterocycles. The summed E-state index contributed by atoms with van der Waals surface area (Å²) >= 11 is 0. The van der Waals surface area contributed by atoms with E-state index in [0.29, 0.717) is 18.8 Å². The summed E-state index contributed by atoms with van der Waals surface area (Å²) in [4.78, 5) is 24.6. The monoisotopic (exact) mass is 425 g/mol. The zero-order valence-electron chi connectivity index (χ0n) is 18.2. The molecule has 6 heteroatoms. The van der Waals surface area contributed by atoms with Gasteiger partial charge in [0.05, 0.1) is 17.3 Å². The number of nitrogens with one attached hydrogen (secondary N) is 1. The van der Waals surface area contributed by atoms with Crippen molar-refractivity contribution in [1.29, 1.82) is 0 Å². The molecule has 5 rings (SSSR count). The van der Waals surface area contributed by atoms with Gasteiger partial charge < -0.3 is 9.88 Å². The highest BCUT2D eigenvalue weighted by Gasteiger charge is 2.32. The standard InChI is InChI=1S/C26H27N5O/c1-2-14-27-26(32)23-18-31-16-15-30(24(25(31)29-23)20-9-4-3-5-10-20)17-21-13-12-19-8-6-7-11-22(19)28-21/h3-13,18,24H,2,14-17H2,1H3,(H,27,32). The second-order valence-electron chi connectivity index (χ2n) is 8.21. The number of aromatic nitrogens is 3. The molecule has 1 unspecified atom stereocenters. The van der Waals surface area contributed by atoms with Crippen molar-refractivity contribution in [1.82, 2.24) is 24.8 Å². The average molecular weight is 426 g/mol. The second-order valence-corrected chi connectivity index (χ2v) is 8.21. The Morgan fingerprint density at radius 3 is 2.66 bits per heavy atom. The van der Waals surface area contributed by atoms with Gasteiger partial charge in [-0.25, -0.2) is 4.98 Å². The van der Waals surface area contributed by atoms with Gasteiger partial charge in [-0.2, -0.15) is 0 Å². The molecule has 1 atom stereocenters. The van der Waals surface area contributed by atoms with E-state index in [-0.39, 0.29) is 11.9 Å². The highest BCUT2D eigenvalue weighted by molar-refractivity contribution is 5.92. The number of carbonyl (C=O) groups is 1. The van der Waals surface area contributed by atoms with E-state index in [0.717, 1.165) is 41.9 Å². The molecule has 0 spiro atoms. The third-order valence-corrected chi connectivity index (χ3v) is 5.95. The molecule has 162 valence electrons. The third-order valence-electron chi connectivity index (χ3n) is 5.95. The van der Waals surface area contributed by atoms with Crippen molar-refractivity contribution in [3.63, 3.8) is 0 Å². The van der Waals surface area contributed by atoms with E-state index >= 15 is 0 Å². The predicted molar refractivity (Wildman–Crippen MR) is 125 cm³/mol. The van der Waals surface area contributed by atoms with Gasteiger partial charge in [0.25, 0.3) is 5.91 Å². The molecule has 0 saturated carbocycles.